The number of hydrogen-bond acceptors (Lipinski definition) is 5. The highest BCUT2D eigenvalue weighted by atomic mass is 16.5. The standard InChI is InChI=1S/C24H25N3O3/c28-24-17-30-16-20-6-5-18(21-13-19-3-1-2-4-22(19)25-15-21)14-23(20)27(24)8-7-26-9-11-29-12-10-26/h1-6,13-15H,7-12,16-17H2. The Hall–Kier alpha value is -2.80. The highest BCUT2D eigenvalue weighted by Gasteiger charge is 2.24. The number of nitrogens with zero attached hydrogens (tertiary/aromatic N) is 3. The van der Waals surface area contributed by atoms with Crippen molar-refractivity contribution in [1.82, 2.24) is 9.88 Å². The maximum absolute atomic E-state index is 12.8. The Bertz CT molecular complexity index is 1060. The van der Waals surface area contributed by atoms with Gasteiger partial charge in [0.15, 0.2) is 0 Å². The van der Waals surface area contributed by atoms with E-state index in [9.17, 15) is 4.79 Å². The Kier molecular flexibility index (Phi) is 5.45. The Morgan fingerprint density at radius 3 is 2.67 bits per heavy atom. The summed E-state index contributed by atoms with van der Waals surface area (Å²) in [4.78, 5) is 21.6. The Morgan fingerprint density at radius 1 is 0.900 bits per heavy atom. The summed E-state index contributed by atoms with van der Waals surface area (Å²) in [7, 11) is 0. The average Bonchev–Trinajstić information content (AvgIpc) is 2.95. The maximum atomic E-state index is 12.8. The average molecular weight is 403 g/mol. The van der Waals surface area contributed by atoms with Crippen LogP contribution in [0.15, 0.2) is 54.7 Å². The third-order valence-corrected chi connectivity index (χ3v) is 5.83. The van der Waals surface area contributed by atoms with Crippen LogP contribution in [-0.4, -0.2) is 61.8 Å². The van der Waals surface area contributed by atoms with E-state index in [4.69, 9.17) is 9.47 Å². The van der Waals surface area contributed by atoms with Gasteiger partial charge in [-0.2, -0.15) is 0 Å². The molecule has 6 heteroatoms. The van der Waals surface area contributed by atoms with E-state index in [-0.39, 0.29) is 12.5 Å². The minimum atomic E-state index is 0.01000. The second-order valence-electron chi connectivity index (χ2n) is 7.75. The van der Waals surface area contributed by atoms with Gasteiger partial charge in [0.1, 0.15) is 6.61 Å². The number of aromatic nitrogens is 1. The number of benzene rings is 2. The van der Waals surface area contributed by atoms with Crippen molar-refractivity contribution in [3.8, 4) is 11.1 Å². The zero-order valence-electron chi connectivity index (χ0n) is 16.9. The van der Waals surface area contributed by atoms with E-state index in [1.165, 1.54) is 0 Å². The van der Waals surface area contributed by atoms with Crippen LogP contribution in [0.4, 0.5) is 5.69 Å². The minimum Gasteiger partial charge on any atom is -0.379 e. The first kappa shape index (κ1) is 19.2. The molecule has 0 aliphatic carbocycles. The fourth-order valence-electron chi connectivity index (χ4n) is 4.12. The summed E-state index contributed by atoms with van der Waals surface area (Å²) in [5, 5.41) is 1.11. The zero-order valence-corrected chi connectivity index (χ0v) is 16.9. The third kappa shape index (κ3) is 3.94. The van der Waals surface area contributed by atoms with E-state index in [1.54, 1.807) is 0 Å². The number of anilines is 1. The van der Waals surface area contributed by atoms with Crippen molar-refractivity contribution in [1.29, 1.82) is 0 Å². The molecule has 30 heavy (non-hydrogen) atoms. The molecule has 2 aliphatic heterocycles. The summed E-state index contributed by atoms with van der Waals surface area (Å²) in [6.45, 7) is 5.38. The SMILES string of the molecule is O=C1COCc2ccc(-c3cnc4ccccc4c3)cc2N1CCN1CCOCC1. The fraction of sp³-hybridized carbons (Fsp3) is 0.333. The van der Waals surface area contributed by atoms with E-state index >= 15 is 0 Å². The van der Waals surface area contributed by atoms with Gasteiger partial charge in [0, 0.05) is 54.6 Å². The van der Waals surface area contributed by atoms with Crippen LogP contribution in [0.25, 0.3) is 22.0 Å². The number of hydrogen-bond donors (Lipinski definition) is 0. The van der Waals surface area contributed by atoms with E-state index < -0.39 is 0 Å². The molecule has 0 spiro atoms. The molecule has 1 saturated heterocycles. The number of amides is 1. The molecule has 5 rings (SSSR count). The van der Waals surface area contributed by atoms with Gasteiger partial charge in [-0.1, -0.05) is 30.3 Å². The molecule has 6 nitrogen and oxygen atoms in total. The molecule has 2 aliphatic rings. The maximum Gasteiger partial charge on any atom is 0.253 e. The molecule has 0 radical (unpaired) electrons. The highest BCUT2D eigenvalue weighted by molar-refractivity contribution is 5.96. The molecule has 1 fully saturated rings. The van der Waals surface area contributed by atoms with Crippen LogP contribution >= 0.6 is 0 Å². The highest BCUT2D eigenvalue weighted by Crippen LogP contribution is 2.31. The first-order chi connectivity index (χ1) is 14.8. The molecule has 154 valence electrons. The quantitative estimate of drug-likeness (QED) is 0.670. The topological polar surface area (TPSA) is 54.9 Å². The van der Waals surface area contributed by atoms with Crippen molar-refractivity contribution in [3.63, 3.8) is 0 Å². The summed E-state index contributed by atoms with van der Waals surface area (Å²) in [6, 6.07) is 16.5. The van der Waals surface area contributed by atoms with Crippen LogP contribution in [0, 0.1) is 0 Å². The van der Waals surface area contributed by atoms with Gasteiger partial charge >= 0.3 is 0 Å². The molecule has 1 amide bonds. The van der Waals surface area contributed by atoms with Crippen LogP contribution in [0.1, 0.15) is 5.56 Å². The number of morpholine rings is 1. The second-order valence-corrected chi connectivity index (χ2v) is 7.75. The minimum absolute atomic E-state index is 0.01000. The lowest BCUT2D eigenvalue weighted by Gasteiger charge is -2.30. The van der Waals surface area contributed by atoms with E-state index in [2.05, 4.69) is 40.2 Å². The lowest BCUT2D eigenvalue weighted by molar-refractivity contribution is -0.123. The van der Waals surface area contributed by atoms with Crippen molar-refractivity contribution in [2.75, 3.05) is 50.9 Å². The lowest BCUT2D eigenvalue weighted by atomic mass is 10.0. The summed E-state index contributed by atoms with van der Waals surface area (Å²) in [6.07, 6.45) is 1.90. The number of fused-ring (bicyclic) bond motifs is 2. The number of carbonyl (C=O) groups excluding carboxylic acids is 1. The van der Waals surface area contributed by atoms with Crippen molar-refractivity contribution in [2.24, 2.45) is 0 Å². The first-order valence-corrected chi connectivity index (χ1v) is 10.4. The van der Waals surface area contributed by atoms with Gasteiger partial charge in [-0.15, -0.1) is 0 Å². The van der Waals surface area contributed by atoms with E-state index in [0.717, 1.165) is 66.1 Å². The molecular weight excluding hydrogens is 378 g/mol. The third-order valence-electron chi connectivity index (χ3n) is 5.83. The van der Waals surface area contributed by atoms with Gasteiger partial charge in [0.25, 0.3) is 5.91 Å². The molecule has 0 bridgehead atoms. The van der Waals surface area contributed by atoms with E-state index in [0.29, 0.717) is 13.2 Å². The Labute approximate surface area is 176 Å². The lowest BCUT2D eigenvalue weighted by Crippen LogP contribution is -2.43. The van der Waals surface area contributed by atoms with Crippen molar-refractivity contribution in [3.05, 3.63) is 60.3 Å². The number of para-hydroxylation sites is 1. The Balaban J connectivity index is 1.46. The van der Waals surface area contributed by atoms with Crippen molar-refractivity contribution >= 4 is 22.5 Å². The molecular formula is C24H25N3O3. The predicted molar refractivity (Wildman–Crippen MR) is 116 cm³/mol. The first-order valence-electron chi connectivity index (χ1n) is 10.4. The number of ether oxygens (including phenoxy) is 2. The molecule has 2 aromatic carbocycles. The van der Waals surface area contributed by atoms with Crippen LogP contribution in [0.3, 0.4) is 0 Å². The monoisotopic (exact) mass is 403 g/mol. The normalized spacial score (nSPS) is 17.7. The molecule has 1 aromatic heterocycles. The van der Waals surface area contributed by atoms with Gasteiger partial charge < -0.3 is 14.4 Å². The van der Waals surface area contributed by atoms with Crippen LogP contribution in [0.2, 0.25) is 0 Å². The summed E-state index contributed by atoms with van der Waals surface area (Å²) >= 11 is 0. The van der Waals surface area contributed by atoms with Crippen molar-refractivity contribution < 1.29 is 14.3 Å². The summed E-state index contributed by atoms with van der Waals surface area (Å²) < 4.78 is 11.1. The van der Waals surface area contributed by atoms with Crippen LogP contribution in [-0.2, 0) is 20.9 Å². The molecule has 0 unspecified atom stereocenters. The fourth-order valence-corrected chi connectivity index (χ4v) is 4.12. The van der Waals surface area contributed by atoms with Gasteiger partial charge in [0.05, 0.1) is 25.3 Å². The second kappa shape index (κ2) is 8.52. The largest absolute Gasteiger partial charge is 0.379 e. The van der Waals surface area contributed by atoms with Crippen LogP contribution in [0.5, 0.6) is 0 Å². The molecule has 3 heterocycles. The van der Waals surface area contributed by atoms with Crippen LogP contribution < -0.4 is 4.90 Å². The van der Waals surface area contributed by atoms with Gasteiger partial charge in [0.2, 0.25) is 0 Å². The molecule has 0 saturated carbocycles. The smallest absolute Gasteiger partial charge is 0.253 e. The van der Waals surface area contributed by atoms with Gasteiger partial charge in [-0.3, -0.25) is 14.7 Å². The number of carbonyl (C=O) groups is 1. The van der Waals surface area contributed by atoms with Crippen molar-refractivity contribution in [2.45, 2.75) is 6.61 Å². The molecule has 3 aromatic rings. The zero-order chi connectivity index (χ0) is 20.3. The summed E-state index contributed by atoms with van der Waals surface area (Å²) in [5.74, 6) is 0.01000. The molecule has 0 atom stereocenters. The Morgan fingerprint density at radius 2 is 1.77 bits per heavy atom. The van der Waals surface area contributed by atoms with Gasteiger partial charge in [-0.25, -0.2) is 0 Å². The van der Waals surface area contributed by atoms with E-state index in [1.807, 2.05) is 29.3 Å². The molecule has 0 N–H and O–H groups in total. The van der Waals surface area contributed by atoms with Gasteiger partial charge in [-0.05, 0) is 23.8 Å². The number of rotatable bonds is 4. The summed E-state index contributed by atoms with van der Waals surface area (Å²) in [5.41, 5.74) is 5.06. The predicted octanol–water partition coefficient (Wildman–Crippen LogP) is 3.10. The number of pyridine rings is 1.